The highest BCUT2D eigenvalue weighted by Crippen LogP contribution is 2.40. The van der Waals surface area contributed by atoms with Crippen LogP contribution in [0.15, 0.2) is 18.2 Å². The monoisotopic (exact) mass is 254 g/mol. The van der Waals surface area contributed by atoms with Gasteiger partial charge in [-0.3, -0.25) is 0 Å². The molecule has 0 saturated heterocycles. The maximum Gasteiger partial charge on any atom is 0.395 e. The highest BCUT2D eigenvalue weighted by molar-refractivity contribution is 6.30. The van der Waals surface area contributed by atoms with Crippen LogP contribution in [0, 0.1) is 11.7 Å². The van der Waals surface area contributed by atoms with Crippen molar-refractivity contribution >= 4 is 11.6 Å². The van der Waals surface area contributed by atoms with Gasteiger partial charge in [-0.15, -0.1) is 0 Å². The first-order valence-corrected chi connectivity index (χ1v) is 5.13. The van der Waals surface area contributed by atoms with E-state index in [1.54, 1.807) is 0 Å². The Morgan fingerprint density at radius 1 is 1.19 bits per heavy atom. The van der Waals surface area contributed by atoms with Crippen LogP contribution in [0.2, 0.25) is 5.02 Å². The third-order valence-corrected chi connectivity index (χ3v) is 2.61. The molecule has 0 amide bonds. The number of hydrogen-bond acceptors (Lipinski definition) is 0. The minimum atomic E-state index is -4.35. The molecule has 1 unspecified atom stereocenters. The molecule has 1 aromatic rings. The van der Waals surface area contributed by atoms with Crippen LogP contribution in [-0.4, -0.2) is 6.18 Å². The lowest BCUT2D eigenvalue weighted by molar-refractivity contribution is -0.159. The van der Waals surface area contributed by atoms with E-state index in [2.05, 4.69) is 0 Å². The Morgan fingerprint density at radius 3 is 2.12 bits per heavy atom. The molecule has 0 radical (unpaired) electrons. The zero-order chi connectivity index (χ0) is 12.5. The van der Waals surface area contributed by atoms with Gasteiger partial charge in [0.2, 0.25) is 0 Å². The molecule has 0 nitrogen and oxygen atoms in total. The topological polar surface area (TPSA) is 0 Å². The zero-order valence-corrected chi connectivity index (χ0v) is 9.53. The van der Waals surface area contributed by atoms with Gasteiger partial charge in [-0.1, -0.05) is 31.5 Å². The van der Waals surface area contributed by atoms with Crippen molar-refractivity contribution in [2.24, 2.45) is 5.92 Å². The molecule has 0 N–H and O–H groups in total. The van der Waals surface area contributed by atoms with Gasteiger partial charge in [-0.2, -0.15) is 13.2 Å². The number of halogens is 5. The number of hydrogen-bond donors (Lipinski definition) is 0. The average molecular weight is 255 g/mol. The van der Waals surface area contributed by atoms with Crippen molar-refractivity contribution in [1.29, 1.82) is 0 Å². The minimum absolute atomic E-state index is 0.00565. The summed E-state index contributed by atoms with van der Waals surface area (Å²) in [7, 11) is 0. The zero-order valence-electron chi connectivity index (χ0n) is 8.78. The summed E-state index contributed by atoms with van der Waals surface area (Å²) in [6.07, 6.45) is -4.35. The van der Waals surface area contributed by atoms with Gasteiger partial charge in [0.15, 0.2) is 0 Å². The Labute approximate surface area is 96.2 Å². The van der Waals surface area contributed by atoms with Gasteiger partial charge in [0.25, 0.3) is 0 Å². The van der Waals surface area contributed by atoms with Gasteiger partial charge in [0, 0.05) is 0 Å². The van der Waals surface area contributed by atoms with Crippen molar-refractivity contribution in [1.82, 2.24) is 0 Å². The normalized spacial score (nSPS) is 14.2. The molecule has 90 valence electrons. The molecule has 0 spiro atoms. The molecule has 0 bridgehead atoms. The fourth-order valence-corrected chi connectivity index (χ4v) is 1.85. The molecule has 5 heteroatoms. The van der Waals surface area contributed by atoms with E-state index in [1.165, 1.54) is 13.8 Å². The highest BCUT2D eigenvalue weighted by atomic mass is 35.5. The van der Waals surface area contributed by atoms with E-state index in [-0.39, 0.29) is 10.6 Å². The van der Waals surface area contributed by atoms with E-state index in [4.69, 9.17) is 11.6 Å². The molecule has 16 heavy (non-hydrogen) atoms. The Bertz CT molecular complexity index is 371. The quantitative estimate of drug-likeness (QED) is 0.666. The standard InChI is InChI=1S/C11H11ClF4/c1-6(2)10(11(14,15)16)7-3-4-9(13)8(12)5-7/h3-6,10H,1-2H3. The van der Waals surface area contributed by atoms with Crippen molar-refractivity contribution in [3.05, 3.63) is 34.6 Å². The molecule has 0 aliphatic carbocycles. The summed E-state index contributed by atoms with van der Waals surface area (Å²) >= 11 is 5.47. The third-order valence-electron chi connectivity index (χ3n) is 2.32. The number of rotatable bonds is 2. The van der Waals surface area contributed by atoms with Crippen molar-refractivity contribution in [2.45, 2.75) is 25.9 Å². The van der Waals surface area contributed by atoms with Crippen LogP contribution in [0.3, 0.4) is 0 Å². The summed E-state index contributed by atoms with van der Waals surface area (Å²) in [6, 6.07) is 3.12. The van der Waals surface area contributed by atoms with Crippen LogP contribution >= 0.6 is 11.6 Å². The lowest BCUT2D eigenvalue weighted by Gasteiger charge is -2.24. The van der Waals surface area contributed by atoms with Crippen molar-refractivity contribution in [2.75, 3.05) is 0 Å². The number of alkyl halides is 3. The summed E-state index contributed by atoms with van der Waals surface area (Å²) in [5, 5.41) is -0.285. The summed E-state index contributed by atoms with van der Waals surface area (Å²) in [5.41, 5.74) is -0.00565. The van der Waals surface area contributed by atoms with E-state index < -0.39 is 23.8 Å². The molecule has 0 saturated carbocycles. The van der Waals surface area contributed by atoms with Crippen LogP contribution < -0.4 is 0 Å². The third kappa shape index (κ3) is 2.88. The lowest BCUT2D eigenvalue weighted by atomic mass is 9.88. The molecule has 0 heterocycles. The highest BCUT2D eigenvalue weighted by Gasteiger charge is 2.42. The Morgan fingerprint density at radius 2 is 1.75 bits per heavy atom. The van der Waals surface area contributed by atoms with Crippen LogP contribution in [0.1, 0.15) is 25.3 Å². The molecule has 1 aromatic carbocycles. The Hall–Kier alpha value is -0.770. The van der Waals surface area contributed by atoms with Gasteiger partial charge in [0.1, 0.15) is 5.82 Å². The molecule has 1 rings (SSSR count). The van der Waals surface area contributed by atoms with E-state index in [1.807, 2.05) is 0 Å². The van der Waals surface area contributed by atoms with Gasteiger partial charge in [-0.25, -0.2) is 4.39 Å². The first-order valence-electron chi connectivity index (χ1n) is 4.75. The SMILES string of the molecule is CC(C)C(c1ccc(F)c(Cl)c1)C(F)(F)F. The first-order chi connectivity index (χ1) is 7.23. The van der Waals surface area contributed by atoms with Crippen LogP contribution in [0.25, 0.3) is 0 Å². The molecule has 0 aliphatic rings. The van der Waals surface area contributed by atoms with Gasteiger partial charge >= 0.3 is 6.18 Å². The summed E-state index contributed by atoms with van der Waals surface area (Å²) in [6.45, 7) is 2.94. The van der Waals surface area contributed by atoms with Crippen LogP contribution in [-0.2, 0) is 0 Å². The largest absolute Gasteiger partial charge is 0.395 e. The average Bonchev–Trinajstić information content (AvgIpc) is 2.08. The first kappa shape index (κ1) is 13.3. The van der Waals surface area contributed by atoms with Crippen LogP contribution in [0.4, 0.5) is 17.6 Å². The summed E-state index contributed by atoms with van der Waals surface area (Å²) in [5.74, 6) is -2.96. The predicted octanol–water partition coefficient (Wildman–Crippen LogP) is 4.78. The smallest absolute Gasteiger partial charge is 0.205 e. The molecule has 1 atom stereocenters. The second kappa shape index (κ2) is 4.62. The lowest BCUT2D eigenvalue weighted by Crippen LogP contribution is -2.25. The summed E-state index contributed by atoms with van der Waals surface area (Å²) in [4.78, 5) is 0. The molecule has 0 aliphatic heterocycles. The fourth-order valence-electron chi connectivity index (χ4n) is 1.66. The molecule has 0 aromatic heterocycles. The van der Waals surface area contributed by atoms with Gasteiger partial charge in [0.05, 0.1) is 10.9 Å². The second-order valence-electron chi connectivity index (χ2n) is 3.94. The fraction of sp³-hybridized carbons (Fsp3) is 0.455. The maximum atomic E-state index is 12.8. The van der Waals surface area contributed by atoms with Gasteiger partial charge in [-0.05, 0) is 23.6 Å². The Kier molecular flexibility index (Phi) is 3.84. The van der Waals surface area contributed by atoms with E-state index >= 15 is 0 Å². The second-order valence-corrected chi connectivity index (χ2v) is 4.34. The van der Waals surface area contributed by atoms with E-state index in [9.17, 15) is 17.6 Å². The van der Waals surface area contributed by atoms with E-state index in [0.717, 1.165) is 18.2 Å². The number of benzene rings is 1. The molecular weight excluding hydrogens is 244 g/mol. The minimum Gasteiger partial charge on any atom is -0.205 e. The van der Waals surface area contributed by atoms with Crippen molar-refractivity contribution < 1.29 is 17.6 Å². The van der Waals surface area contributed by atoms with E-state index in [0.29, 0.717) is 0 Å². The Balaban J connectivity index is 3.17. The van der Waals surface area contributed by atoms with Crippen LogP contribution in [0.5, 0.6) is 0 Å². The van der Waals surface area contributed by atoms with Crippen molar-refractivity contribution in [3.8, 4) is 0 Å². The molecular formula is C11H11ClF4. The van der Waals surface area contributed by atoms with Gasteiger partial charge < -0.3 is 0 Å². The molecule has 0 fully saturated rings. The summed E-state index contributed by atoms with van der Waals surface area (Å²) < 4.78 is 51.1. The predicted molar refractivity (Wildman–Crippen MR) is 55.0 cm³/mol. The van der Waals surface area contributed by atoms with Crippen molar-refractivity contribution in [3.63, 3.8) is 0 Å². The maximum absolute atomic E-state index is 12.8.